The molecule has 19 nitrogen and oxygen atoms in total. The van der Waals surface area contributed by atoms with E-state index in [4.69, 9.17) is 28.4 Å². The van der Waals surface area contributed by atoms with E-state index in [1.54, 1.807) is 6.92 Å². The van der Waals surface area contributed by atoms with Gasteiger partial charge in [0.2, 0.25) is 0 Å². The molecule has 4 saturated carbocycles. The Morgan fingerprint density at radius 3 is 2.05 bits per heavy atom. The van der Waals surface area contributed by atoms with Crippen molar-refractivity contribution >= 4 is 18.2 Å². The Morgan fingerprint density at radius 2 is 1.39 bits per heavy atom. The van der Waals surface area contributed by atoms with Crippen LogP contribution in [0.5, 0.6) is 0 Å². The van der Waals surface area contributed by atoms with Gasteiger partial charge >= 0.3 is 11.9 Å². The molecule has 66 heavy (non-hydrogen) atoms. The average molecular weight is 941 g/mol. The molecule has 0 unspecified atom stereocenters. The third-order valence-electron chi connectivity index (χ3n) is 18.9. The number of ether oxygens (including phenoxy) is 6. The number of allylic oxidation sites excluding steroid dienone is 2. The van der Waals surface area contributed by atoms with Crippen molar-refractivity contribution in [3.63, 3.8) is 0 Å². The fraction of sp³-hybridized carbons (Fsp3) is 0.894. The first-order valence-electron chi connectivity index (χ1n) is 23.7. The highest BCUT2D eigenvalue weighted by atomic mass is 16.8. The topological polar surface area (TPSA) is 309 Å². The standard InChI is InChI=1S/C47H72O19/c1-42(2)13-15-47(41(59)60)16-14-45(5)21(22(47)17-42)7-8-26-43(3)11-10-27(44(4,20-49)25(43)9-12-46(26,45)6)63-40-36(66-39-32(55)30(53)29(52)24(18-48)62-39)34(33(56)35(65-40)37(57)58)64-38-31(54)28(51)23(50)19-61-38/h7,20,22-36,38-40,48,50-56H,8-19H2,1-6H3,(H,57,58)(H,59,60)/t22-,23+,24+,25+,26+,27-,28-,29-,30-,31+,32+,33-,34-,35-,36+,38-,39-,40+,43-,44-,45+,46+,47-/m0/s1. The molecule has 19 heteroatoms. The van der Waals surface area contributed by atoms with Crippen molar-refractivity contribution in [2.24, 2.45) is 50.2 Å². The molecule has 8 rings (SSSR count). The summed E-state index contributed by atoms with van der Waals surface area (Å²) < 4.78 is 35.9. The number of rotatable bonds is 10. The molecule has 0 radical (unpaired) electrons. The number of hydrogen-bond donors (Lipinski definition) is 10. The number of carboxylic acid groups (broad SMARTS) is 2. The number of carbonyl (C=O) groups is 3. The number of aliphatic hydroxyl groups is 8. The number of hydrogen-bond acceptors (Lipinski definition) is 17. The zero-order chi connectivity index (χ0) is 48.3. The second-order valence-electron chi connectivity index (χ2n) is 22.7. The number of fused-ring (bicyclic) bond motifs is 7. The Labute approximate surface area is 384 Å². The number of aldehydes is 1. The van der Waals surface area contributed by atoms with E-state index in [0.717, 1.165) is 32.0 Å². The molecule has 0 spiro atoms. The summed E-state index contributed by atoms with van der Waals surface area (Å²) in [5, 5.41) is 106. The largest absolute Gasteiger partial charge is 0.481 e. The van der Waals surface area contributed by atoms with E-state index >= 15 is 0 Å². The minimum atomic E-state index is -2.12. The van der Waals surface area contributed by atoms with Gasteiger partial charge in [-0.05, 0) is 104 Å². The molecular formula is C47H72O19. The Morgan fingerprint density at radius 1 is 0.727 bits per heavy atom. The maximum Gasteiger partial charge on any atom is 0.335 e. The van der Waals surface area contributed by atoms with Crippen LogP contribution in [0.3, 0.4) is 0 Å². The minimum absolute atomic E-state index is 0.000855. The van der Waals surface area contributed by atoms with Crippen molar-refractivity contribution in [1.29, 1.82) is 0 Å². The highest BCUT2D eigenvalue weighted by molar-refractivity contribution is 5.77. The van der Waals surface area contributed by atoms with Crippen LogP contribution in [-0.2, 0) is 42.8 Å². The Bertz CT molecular complexity index is 1880. The quantitative estimate of drug-likeness (QED) is 0.0815. The van der Waals surface area contributed by atoms with Gasteiger partial charge in [-0.15, -0.1) is 0 Å². The molecule has 8 aliphatic rings. The van der Waals surface area contributed by atoms with E-state index < -0.39 is 134 Å². The summed E-state index contributed by atoms with van der Waals surface area (Å²) in [6, 6.07) is 0. The van der Waals surface area contributed by atoms with Crippen LogP contribution >= 0.6 is 0 Å². The molecule has 0 bridgehead atoms. The van der Waals surface area contributed by atoms with Gasteiger partial charge in [-0.25, -0.2) is 4.79 Å². The summed E-state index contributed by atoms with van der Waals surface area (Å²) in [6.07, 6.45) is -17.0. The summed E-state index contributed by atoms with van der Waals surface area (Å²) in [5.41, 5.74) is -1.72. The number of carbonyl (C=O) groups excluding carboxylic acids is 1. The van der Waals surface area contributed by atoms with E-state index in [2.05, 4.69) is 40.7 Å². The summed E-state index contributed by atoms with van der Waals surface area (Å²) in [6.45, 7) is 11.8. The van der Waals surface area contributed by atoms with Gasteiger partial charge < -0.3 is 84.3 Å². The lowest BCUT2D eigenvalue weighted by Gasteiger charge is -2.71. The molecule has 0 aromatic rings. The predicted molar refractivity (Wildman–Crippen MR) is 226 cm³/mol. The summed E-state index contributed by atoms with van der Waals surface area (Å²) >= 11 is 0. The van der Waals surface area contributed by atoms with E-state index in [1.165, 1.54) is 5.57 Å². The highest BCUT2D eigenvalue weighted by Gasteiger charge is 2.70. The lowest BCUT2D eigenvalue weighted by molar-refractivity contribution is -0.391. The van der Waals surface area contributed by atoms with Crippen LogP contribution in [0.15, 0.2) is 11.6 Å². The Balaban J connectivity index is 1.12. The van der Waals surface area contributed by atoms with Crippen LogP contribution in [0.2, 0.25) is 0 Å². The number of carboxylic acids is 2. The molecule has 3 aliphatic heterocycles. The van der Waals surface area contributed by atoms with Crippen LogP contribution in [0.25, 0.3) is 0 Å². The molecule has 3 heterocycles. The fourth-order valence-electron chi connectivity index (χ4n) is 14.7. The zero-order valence-corrected chi connectivity index (χ0v) is 38.7. The van der Waals surface area contributed by atoms with Gasteiger partial charge in [-0.3, -0.25) is 4.79 Å². The molecular weight excluding hydrogens is 868 g/mol. The Hall–Kier alpha value is -2.21. The van der Waals surface area contributed by atoms with E-state index in [-0.39, 0.29) is 40.4 Å². The fourth-order valence-corrected chi connectivity index (χ4v) is 14.7. The monoisotopic (exact) mass is 940 g/mol. The van der Waals surface area contributed by atoms with Gasteiger partial charge in [0.1, 0.15) is 67.3 Å². The molecule has 5 aliphatic carbocycles. The number of aliphatic carboxylic acids is 2. The SMILES string of the molecule is CC1(C)CC[C@]2(C(=O)O)CC[C@]3(C)C(=CC[C@@H]4[C@@]5(C)CC[C@H](O[C@@H]6O[C@H](C(=O)O)[C@@H](O)[C@H](O[C@@H]7OC[C@@H](O)[C@H](O)[C@H]7O)[C@H]6O[C@@H]6O[C@H](CO)[C@H](O)[C@H](O)[C@H]6O)[C@@](C)(C=O)[C@@H]5CC[C@]43C)[C@@H]2C1. The van der Waals surface area contributed by atoms with Gasteiger partial charge in [-0.2, -0.15) is 0 Å². The normalized spacial score (nSPS) is 53.5. The summed E-state index contributed by atoms with van der Waals surface area (Å²) in [5.74, 6) is -2.62. The predicted octanol–water partition coefficient (Wildman–Crippen LogP) is 0.617. The van der Waals surface area contributed by atoms with Gasteiger partial charge in [0.15, 0.2) is 25.0 Å². The van der Waals surface area contributed by atoms with Crippen molar-refractivity contribution in [1.82, 2.24) is 0 Å². The van der Waals surface area contributed by atoms with Gasteiger partial charge in [0, 0.05) is 0 Å². The Kier molecular flexibility index (Phi) is 13.4. The van der Waals surface area contributed by atoms with Gasteiger partial charge in [0.25, 0.3) is 0 Å². The van der Waals surface area contributed by atoms with Crippen LogP contribution < -0.4 is 0 Å². The van der Waals surface area contributed by atoms with Crippen molar-refractivity contribution in [2.75, 3.05) is 13.2 Å². The second kappa shape index (κ2) is 17.6. The number of aliphatic hydroxyl groups excluding tert-OH is 8. The lowest BCUT2D eigenvalue weighted by atomic mass is 9.33. The van der Waals surface area contributed by atoms with Crippen LogP contribution in [0.4, 0.5) is 0 Å². The van der Waals surface area contributed by atoms with Crippen LogP contribution in [-0.4, -0.2) is 175 Å². The molecule has 7 fully saturated rings. The summed E-state index contributed by atoms with van der Waals surface area (Å²) in [7, 11) is 0. The minimum Gasteiger partial charge on any atom is -0.481 e. The molecule has 10 N–H and O–H groups in total. The zero-order valence-electron chi connectivity index (χ0n) is 38.7. The lowest BCUT2D eigenvalue weighted by Crippen LogP contribution is -2.68. The maximum absolute atomic E-state index is 13.8. The maximum atomic E-state index is 13.8. The van der Waals surface area contributed by atoms with E-state index in [9.17, 15) is 65.4 Å². The van der Waals surface area contributed by atoms with Gasteiger partial charge in [0.05, 0.1) is 30.1 Å². The second-order valence-corrected chi connectivity index (χ2v) is 22.7. The average Bonchev–Trinajstić information content (AvgIpc) is 3.26. The van der Waals surface area contributed by atoms with Gasteiger partial charge in [-0.1, -0.05) is 53.2 Å². The van der Waals surface area contributed by atoms with E-state index in [0.29, 0.717) is 32.1 Å². The van der Waals surface area contributed by atoms with Crippen LogP contribution in [0.1, 0.15) is 106 Å². The third-order valence-corrected chi connectivity index (χ3v) is 18.9. The first-order valence-corrected chi connectivity index (χ1v) is 23.7. The van der Waals surface area contributed by atoms with Crippen molar-refractivity contribution < 1.29 is 93.9 Å². The smallest absolute Gasteiger partial charge is 0.335 e. The van der Waals surface area contributed by atoms with E-state index in [1.807, 2.05) is 0 Å². The summed E-state index contributed by atoms with van der Waals surface area (Å²) in [4.78, 5) is 39.7. The van der Waals surface area contributed by atoms with Crippen molar-refractivity contribution in [3.05, 3.63) is 11.6 Å². The first kappa shape index (κ1) is 50.2. The highest BCUT2D eigenvalue weighted by Crippen LogP contribution is 2.76. The molecule has 3 saturated heterocycles. The van der Waals surface area contributed by atoms with Crippen molar-refractivity contribution in [3.8, 4) is 0 Å². The van der Waals surface area contributed by atoms with Crippen molar-refractivity contribution in [2.45, 2.75) is 198 Å². The molecule has 23 atom stereocenters. The third kappa shape index (κ3) is 7.65. The molecule has 0 aromatic carbocycles. The van der Waals surface area contributed by atoms with Crippen LogP contribution in [0, 0.1) is 50.2 Å². The molecule has 0 aromatic heterocycles. The molecule has 374 valence electrons. The first-order chi connectivity index (χ1) is 30.8. The molecule has 0 amide bonds.